The fraction of sp³-hybridized carbons (Fsp3) is 0.571. The smallest absolute Gasteiger partial charge is 0.390 e. The van der Waals surface area contributed by atoms with Gasteiger partial charge in [-0.25, -0.2) is 8.42 Å². The van der Waals surface area contributed by atoms with Gasteiger partial charge in [-0.1, -0.05) is 0 Å². The number of ether oxygens (including phenoxy) is 2. The molecule has 1 heterocycles. The van der Waals surface area contributed by atoms with Crippen LogP contribution in [-0.2, 0) is 10.0 Å². The maximum atomic E-state index is 12.4. The molecule has 0 radical (unpaired) electrons. The summed E-state index contributed by atoms with van der Waals surface area (Å²) in [5, 5.41) is -0.631. The zero-order chi connectivity index (χ0) is 18.0. The van der Waals surface area contributed by atoms with E-state index in [2.05, 4.69) is 0 Å². The van der Waals surface area contributed by atoms with Crippen molar-refractivity contribution in [3.63, 3.8) is 0 Å². The fourth-order valence-electron chi connectivity index (χ4n) is 2.38. The Morgan fingerprint density at radius 2 is 2.00 bits per heavy atom. The van der Waals surface area contributed by atoms with Crippen molar-refractivity contribution in [3.05, 3.63) is 23.8 Å². The minimum absolute atomic E-state index is 0.163. The van der Waals surface area contributed by atoms with Crippen LogP contribution in [0.2, 0.25) is 0 Å². The van der Waals surface area contributed by atoms with E-state index in [0.717, 1.165) is 4.31 Å². The minimum atomic E-state index is -4.51. The maximum Gasteiger partial charge on any atom is 0.390 e. The van der Waals surface area contributed by atoms with Gasteiger partial charge >= 0.3 is 6.18 Å². The van der Waals surface area contributed by atoms with Crippen molar-refractivity contribution >= 4 is 21.8 Å². The molecule has 0 aromatic heterocycles. The van der Waals surface area contributed by atoms with Crippen LogP contribution >= 0.6 is 11.8 Å². The van der Waals surface area contributed by atoms with E-state index < -0.39 is 33.7 Å². The highest BCUT2D eigenvalue weighted by Gasteiger charge is 2.39. The van der Waals surface area contributed by atoms with Crippen LogP contribution in [0, 0.1) is 0 Å². The Morgan fingerprint density at radius 1 is 1.29 bits per heavy atom. The van der Waals surface area contributed by atoms with Gasteiger partial charge in [0.2, 0.25) is 10.0 Å². The lowest BCUT2D eigenvalue weighted by atomic mass is 10.2. The molecule has 5 nitrogen and oxygen atoms in total. The van der Waals surface area contributed by atoms with Gasteiger partial charge < -0.3 is 9.47 Å². The van der Waals surface area contributed by atoms with Crippen LogP contribution < -0.4 is 9.47 Å². The molecular formula is C14H18F3NO4S2. The predicted octanol–water partition coefficient (Wildman–Crippen LogP) is 3.03. The molecule has 0 N–H and O–H groups in total. The maximum absolute atomic E-state index is 12.4. The van der Waals surface area contributed by atoms with Gasteiger partial charge in [0.15, 0.2) is 0 Å². The average Bonchev–Trinajstić information content (AvgIpc) is 3.02. The summed E-state index contributed by atoms with van der Waals surface area (Å²) in [6.45, 7) is 0.163. The molecule has 24 heavy (non-hydrogen) atoms. The Labute approximate surface area is 143 Å². The zero-order valence-corrected chi connectivity index (χ0v) is 14.8. The van der Waals surface area contributed by atoms with Gasteiger partial charge in [0, 0.05) is 17.9 Å². The van der Waals surface area contributed by atoms with Crippen molar-refractivity contribution in [1.82, 2.24) is 4.31 Å². The number of halogens is 3. The summed E-state index contributed by atoms with van der Waals surface area (Å²) in [5.74, 6) is 0.521. The van der Waals surface area contributed by atoms with Crippen LogP contribution in [0.4, 0.5) is 13.2 Å². The highest BCUT2D eigenvalue weighted by atomic mass is 32.2. The normalized spacial score (nSPS) is 19.5. The Bertz CT molecular complexity index is 679. The molecule has 0 bridgehead atoms. The first-order chi connectivity index (χ1) is 11.2. The SMILES string of the molecule is COc1ccc(OC)c(C2SCCN2S(=O)(=O)CCC(F)(F)F)c1. The van der Waals surface area contributed by atoms with Gasteiger partial charge in [-0.2, -0.15) is 17.5 Å². The molecule has 1 aromatic carbocycles. The molecular weight excluding hydrogens is 367 g/mol. The summed E-state index contributed by atoms with van der Waals surface area (Å²) < 4.78 is 73.4. The van der Waals surface area contributed by atoms with Gasteiger partial charge in [0.05, 0.1) is 31.8 Å². The average molecular weight is 385 g/mol. The van der Waals surface area contributed by atoms with E-state index in [1.54, 1.807) is 18.2 Å². The lowest BCUT2D eigenvalue weighted by Gasteiger charge is -2.25. The number of rotatable bonds is 6. The summed E-state index contributed by atoms with van der Waals surface area (Å²) in [7, 11) is -1.11. The number of hydrogen-bond donors (Lipinski definition) is 0. The predicted molar refractivity (Wildman–Crippen MR) is 85.9 cm³/mol. The van der Waals surface area contributed by atoms with E-state index in [0.29, 0.717) is 22.8 Å². The number of benzene rings is 1. The van der Waals surface area contributed by atoms with E-state index >= 15 is 0 Å². The Morgan fingerprint density at radius 3 is 2.58 bits per heavy atom. The van der Waals surface area contributed by atoms with E-state index in [-0.39, 0.29) is 6.54 Å². The molecule has 0 saturated carbocycles. The number of methoxy groups -OCH3 is 2. The molecule has 10 heteroatoms. The molecule has 1 aromatic rings. The van der Waals surface area contributed by atoms with Crippen molar-refractivity contribution in [3.8, 4) is 11.5 Å². The summed E-state index contributed by atoms with van der Waals surface area (Å²) >= 11 is 1.34. The second-order valence-electron chi connectivity index (χ2n) is 5.12. The second-order valence-corrected chi connectivity index (χ2v) is 8.35. The molecule has 136 valence electrons. The van der Waals surface area contributed by atoms with E-state index in [1.165, 1.54) is 26.0 Å². The van der Waals surface area contributed by atoms with Crippen LogP contribution in [0.5, 0.6) is 11.5 Å². The lowest BCUT2D eigenvalue weighted by Crippen LogP contribution is -2.34. The molecule has 1 atom stereocenters. The Hall–Kier alpha value is -1.13. The third-order valence-electron chi connectivity index (χ3n) is 3.55. The van der Waals surface area contributed by atoms with Gasteiger partial charge in [-0.3, -0.25) is 0 Å². The molecule has 1 unspecified atom stereocenters. The molecule has 1 aliphatic rings. The standard InChI is InChI=1S/C14H18F3NO4S2/c1-21-10-3-4-12(22-2)11(9-10)13-18(6-7-23-13)24(19,20)8-5-14(15,16)17/h3-4,9,13H,5-8H2,1-2H3. The van der Waals surface area contributed by atoms with Crippen LogP contribution in [0.3, 0.4) is 0 Å². The van der Waals surface area contributed by atoms with Crippen molar-refractivity contribution in [2.24, 2.45) is 0 Å². The third kappa shape index (κ3) is 4.48. The molecule has 0 spiro atoms. The van der Waals surface area contributed by atoms with Crippen LogP contribution in [0.1, 0.15) is 17.4 Å². The quantitative estimate of drug-likeness (QED) is 0.753. The van der Waals surface area contributed by atoms with Crippen molar-refractivity contribution in [2.75, 3.05) is 32.3 Å². The molecule has 0 aliphatic carbocycles. The fourth-order valence-corrected chi connectivity index (χ4v) is 5.73. The van der Waals surface area contributed by atoms with Crippen molar-refractivity contribution in [2.45, 2.75) is 18.0 Å². The first kappa shape index (κ1) is 19.2. The summed E-state index contributed by atoms with van der Waals surface area (Å²) in [6.07, 6.45) is -5.87. The van der Waals surface area contributed by atoms with Gasteiger partial charge in [-0.15, -0.1) is 11.8 Å². The van der Waals surface area contributed by atoms with E-state index in [9.17, 15) is 21.6 Å². The van der Waals surface area contributed by atoms with Crippen molar-refractivity contribution < 1.29 is 31.1 Å². The minimum Gasteiger partial charge on any atom is -0.497 e. The van der Waals surface area contributed by atoms with E-state index in [4.69, 9.17) is 9.47 Å². The zero-order valence-electron chi connectivity index (χ0n) is 13.2. The number of hydrogen-bond acceptors (Lipinski definition) is 5. The van der Waals surface area contributed by atoms with Crippen molar-refractivity contribution in [1.29, 1.82) is 0 Å². The van der Waals surface area contributed by atoms with Gasteiger partial charge in [-0.05, 0) is 18.2 Å². The molecule has 0 amide bonds. The lowest BCUT2D eigenvalue weighted by molar-refractivity contribution is -0.130. The molecule has 1 fully saturated rings. The first-order valence-corrected chi connectivity index (χ1v) is 9.73. The van der Waals surface area contributed by atoms with Gasteiger partial charge in [0.25, 0.3) is 0 Å². The number of thioether (sulfide) groups is 1. The summed E-state index contributed by atoms with van der Waals surface area (Å²) in [4.78, 5) is 0. The second kappa shape index (κ2) is 7.40. The number of nitrogens with zero attached hydrogens (tertiary/aromatic N) is 1. The van der Waals surface area contributed by atoms with Crippen LogP contribution in [0.25, 0.3) is 0 Å². The highest BCUT2D eigenvalue weighted by molar-refractivity contribution is 8.01. The summed E-state index contributed by atoms with van der Waals surface area (Å²) in [5.41, 5.74) is 0.565. The third-order valence-corrected chi connectivity index (χ3v) is 6.76. The Balaban J connectivity index is 2.30. The molecule has 1 saturated heterocycles. The van der Waals surface area contributed by atoms with Crippen LogP contribution in [0.15, 0.2) is 18.2 Å². The summed E-state index contributed by atoms with van der Waals surface area (Å²) in [6, 6.07) is 4.96. The first-order valence-electron chi connectivity index (χ1n) is 7.08. The largest absolute Gasteiger partial charge is 0.497 e. The molecule has 1 aliphatic heterocycles. The van der Waals surface area contributed by atoms with E-state index in [1.807, 2.05) is 0 Å². The monoisotopic (exact) mass is 385 g/mol. The number of alkyl halides is 3. The van der Waals surface area contributed by atoms with Crippen LogP contribution in [-0.4, -0.2) is 51.2 Å². The number of sulfonamides is 1. The molecule has 2 rings (SSSR count). The Kier molecular flexibility index (Phi) is 5.92. The topological polar surface area (TPSA) is 55.8 Å². The highest BCUT2D eigenvalue weighted by Crippen LogP contribution is 2.44. The van der Waals surface area contributed by atoms with Gasteiger partial charge in [0.1, 0.15) is 11.5 Å².